The Labute approximate surface area is 112 Å². The number of nitrogens with zero attached hydrogens (tertiary/aromatic N) is 1. The second-order valence-corrected chi connectivity index (χ2v) is 5.04. The fourth-order valence-electron chi connectivity index (χ4n) is 2.40. The molecule has 1 amide bonds. The van der Waals surface area contributed by atoms with E-state index in [-0.39, 0.29) is 11.9 Å². The van der Waals surface area contributed by atoms with Crippen molar-refractivity contribution in [2.75, 3.05) is 6.54 Å². The van der Waals surface area contributed by atoms with Crippen LogP contribution in [0.2, 0.25) is 0 Å². The topological polar surface area (TPSA) is 72.4 Å². The van der Waals surface area contributed by atoms with Crippen LogP contribution in [0.3, 0.4) is 0 Å². The van der Waals surface area contributed by atoms with Gasteiger partial charge in [-0.3, -0.25) is 9.69 Å². The van der Waals surface area contributed by atoms with Crippen molar-refractivity contribution < 1.29 is 4.79 Å². The van der Waals surface area contributed by atoms with Crippen molar-refractivity contribution >= 4 is 23.1 Å². The first-order chi connectivity index (χ1) is 8.58. The van der Waals surface area contributed by atoms with Crippen molar-refractivity contribution in [3.63, 3.8) is 0 Å². The van der Waals surface area contributed by atoms with E-state index in [1.54, 1.807) is 0 Å². The Bertz CT molecular complexity index is 475. The highest BCUT2D eigenvalue weighted by Crippen LogP contribution is 2.20. The van der Waals surface area contributed by atoms with Crippen molar-refractivity contribution in [1.29, 1.82) is 0 Å². The molecule has 4 nitrogen and oxygen atoms in total. The lowest BCUT2D eigenvalue weighted by Gasteiger charge is -2.21. The minimum atomic E-state index is -0.238. The summed E-state index contributed by atoms with van der Waals surface area (Å²) in [5, 5.41) is 0. The van der Waals surface area contributed by atoms with E-state index in [0.29, 0.717) is 11.5 Å². The van der Waals surface area contributed by atoms with Gasteiger partial charge >= 0.3 is 0 Å². The first-order valence-electron chi connectivity index (χ1n) is 6.00. The van der Waals surface area contributed by atoms with Crippen molar-refractivity contribution in [3.05, 3.63) is 35.4 Å². The van der Waals surface area contributed by atoms with Gasteiger partial charge in [-0.15, -0.1) is 0 Å². The quantitative estimate of drug-likeness (QED) is 0.787. The highest BCUT2D eigenvalue weighted by molar-refractivity contribution is 7.80. The first kappa shape index (κ1) is 13.0. The molecule has 0 aromatic heterocycles. The van der Waals surface area contributed by atoms with Gasteiger partial charge in [0.15, 0.2) is 0 Å². The van der Waals surface area contributed by atoms with E-state index in [4.69, 9.17) is 23.7 Å². The lowest BCUT2D eigenvalue weighted by molar-refractivity contribution is -0.122. The first-order valence-corrected chi connectivity index (χ1v) is 6.41. The number of nitrogens with two attached hydrogens (primary N) is 2. The molecule has 4 N–H and O–H groups in total. The molecule has 18 heavy (non-hydrogen) atoms. The van der Waals surface area contributed by atoms with Crippen LogP contribution in [0.4, 0.5) is 0 Å². The number of rotatable bonds is 4. The van der Waals surface area contributed by atoms with E-state index < -0.39 is 0 Å². The third-order valence-corrected chi connectivity index (χ3v) is 3.52. The molecule has 1 aliphatic heterocycles. The zero-order valence-electron chi connectivity index (χ0n) is 10.1. The lowest BCUT2D eigenvalue weighted by Crippen LogP contribution is -2.39. The Hall–Kier alpha value is -1.46. The SMILES string of the molecule is NC(=O)C1CCCN1Cc1cccc(C(N)=S)c1. The number of thiocarbonyl (C=S) groups is 1. The molecular weight excluding hydrogens is 246 g/mol. The highest BCUT2D eigenvalue weighted by atomic mass is 32.1. The van der Waals surface area contributed by atoms with Gasteiger partial charge in [0.25, 0.3) is 0 Å². The lowest BCUT2D eigenvalue weighted by atomic mass is 10.1. The van der Waals surface area contributed by atoms with Gasteiger partial charge in [-0.05, 0) is 31.0 Å². The molecular formula is C13H17N3OS. The number of amides is 1. The van der Waals surface area contributed by atoms with Crippen molar-refractivity contribution in [1.82, 2.24) is 4.90 Å². The third kappa shape index (κ3) is 2.86. The van der Waals surface area contributed by atoms with Crippen molar-refractivity contribution in [2.45, 2.75) is 25.4 Å². The van der Waals surface area contributed by atoms with Crippen LogP contribution in [0.15, 0.2) is 24.3 Å². The van der Waals surface area contributed by atoms with Gasteiger partial charge in [0.05, 0.1) is 6.04 Å². The summed E-state index contributed by atoms with van der Waals surface area (Å²) in [7, 11) is 0. The summed E-state index contributed by atoms with van der Waals surface area (Å²) in [6.45, 7) is 1.62. The molecule has 0 spiro atoms. The smallest absolute Gasteiger partial charge is 0.234 e. The standard InChI is InChI=1S/C13H17N3OS/c14-12(17)11-5-2-6-16(11)8-9-3-1-4-10(7-9)13(15)18/h1,3-4,7,11H,2,5-6,8H2,(H2,14,17)(H2,15,18). The molecule has 1 unspecified atom stereocenters. The number of primary amides is 1. The minimum absolute atomic E-state index is 0.140. The Morgan fingerprint density at radius 1 is 1.44 bits per heavy atom. The molecule has 96 valence electrons. The second kappa shape index (κ2) is 5.46. The van der Waals surface area contributed by atoms with Gasteiger partial charge in [0, 0.05) is 12.1 Å². The molecule has 1 heterocycles. The second-order valence-electron chi connectivity index (χ2n) is 4.60. The molecule has 1 saturated heterocycles. The van der Waals surface area contributed by atoms with E-state index in [1.807, 2.05) is 24.3 Å². The zero-order chi connectivity index (χ0) is 13.1. The largest absolute Gasteiger partial charge is 0.389 e. The molecule has 0 bridgehead atoms. The predicted molar refractivity (Wildman–Crippen MR) is 75.0 cm³/mol. The average molecular weight is 263 g/mol. The number of hydrogen-bond donors (Lipinski definition) is 2. The van der Waals surface area contributed by atoms with Gasteiger partial charge in [-0.2, -0.15) is 0 Å². The summed E-state index contributed by atoms with van der Waals surface area (Å²) in [5.74, 6) is -0.238. The minimum Gasteiger partial charge on any atom is -0.389 e. The summed E-state index contributed by atoms with van der Waals surface area (Å²) in [4.78, 5) is 13.8. The van der Waals surface area contributed by atoms with Crippen LogP contribution in [-0.2, 0) is 11.3 Å². The molecule has 1 atom stereocenters. The number of carbonyl (C=O) groups is 1. The van der Waals surface area contributed by atoms with Crippen LogP contribution in [0.25, 0.3) is 0 Å². The number of likely N-dealkylation sites (tertiary alicyclic amines) is 1. The van der Waals surface area contributed by atoms with E-state index in [0.717, 1.165) is 30.5 Å². The Morgan fingerprint density at radius 3 is 2.89 bits per heavy atom. The summed E-state index contributed by atoms with van der Waals surface area (Å²) >= 11 is 4.96. The van der Waals surface area contributed by atoms with Gasteiger partial charge in [0.1, 0.15) is 4.99 Å². The normalized spacial score (nSPS) is 19.9. The average Bonchev–Trinajstić information content (AvgIpc) is 2.77. The summed E-state index contributed by atoms with van der Waals surface area (Å²) in [5.41, 5.74) is 13.0. The maximum atomic E-state index is 11.3. The Kier molecular flexibility index (Phi) is 3.93. The van der Waals surface area contributed by atoms with Crippen LogP contribution in [0.1, 0.15) is 24.0 Å². The van der Waals surface area contributed by atoms with Gasteiger partial charge in [-0.1, -0.05) is 30.4 Å². The highest BCUT2D eigenvalue weighted by Gasteiger charge is 2.28. The number of carbonyl (C=O) groups excluding carboxylic acids is 1. The van der Waals surface area contributed by atoms with Crippen LogP contribution in [-0.4, -0.2) is 28.4 Å². The summed E-state index contributed by atoms with van der Waals surface area (Å²) in [6, 6.07) is 7.66. The summed E-state index contributed by atoms with van der Waals surface area (Å²) in [6.07, 6.45) is 1.87. The Balaban J connectivity index is 2.11. The zero-order valence-corrected chi connectivity index (χ0v) is 11.0. The molecule has 1 aromatic carbocycles. The molecule has 5 heteroatoms. The molecule has 0 saturated carbocycles. The van der Waals surface area contributed by atoms with E-state index in [2.05, 4.69) is 4.90 Å². The van der Waals surface area contributed by atoms with Gasteiger partial charge in [0.2, 0.25) is 5.91 Å². The predicted octanol–water partition coefficient (Wildman–Crippen LogP) is 0.770. The van der Waals surface area contributed by atoms with E-state index in [9.17, 15) is 4.79 Å². The fourth-order valence-corrected chi connectivity index (χ4v) is 2.52. The maximum absolute atomic E-state index is 11.3. The number of benzene rings is 1. The van der Waals surface area contributed by atoms with E-state index >= 15 is 0 Å². The molecule has 0 aliphatic carbocycles. The maximum Gasteiger partial charge on any atom is 0.234 e. The van der Waals surface area contributed by atoms with Gasteiger partial charge < -0.3 is 11.5 Å². The van der Waals surface area contributed by atoms with Crippen LogP contribution in [0.5, 0.6) is 0 Å². The van der Waals surface area contributed by atoms with Crippen LogP contribution < -0.4 is 11.5 Å². The van der Waals surface area contributed by atoms with Crippen molar-refractivity contribution in [3.8, 4) is 0 Å². The van der Waals surface area contributed by atoms with Crippen LogP contribution >= 0.6 is 12.2 Å². The van der Waals surface area contributed by atoms with Crippen molar-refractivity contribution in [2.24, 2.45) is 11.5 Å². The fraction of sp³-hybridized carbons (Fsp3) is 0.385. The third-order valence-electron chi connectivity index (χ3n) is 3.29. The molecule has 1 fully saturated rings. The molecule has 0 radical (unpaired) electrons. The van der Waals surface area contributed by atoms with Crippen LogP contribution in [0, 0.1) is 0 Å². The van der Waals surface area contributed by atoms with Gasteiger partial charge in [-0.25, -0.2) is 0 Å². The summed E-state index contributed by atoms with van der Waals surface area (Å²) < 4.78 is 0. The monoisotopic (exact) mass is 263 g/mol. The Morgan fingerprint density at radius 2 is 2.22 bits per heavy atom. The molecule has 1 aromatic rings. The number of hydrogen-bond acceptors (Lipinski definition) is 3. The molecule has 1 aliphatic rings. The van der Waals surface area contributed by atoms with E-state index in [1.165, 1.54) is 0 Å². The molecule has 2 rings (SSSR count).